The molecule has 11 heavy (non-hydrogen) atoms. The summed E-state index contributed by atoms with van der Waals surface area (Å²) in [6, 6.07) is 0. The fraction of sp³-hybridized carbons (Fsp3) is 0. The number of fused-ring (bicyclic) bond motifs is 1. The fourth-order valence-electron chi connectivity index (χ4n) is 0.824. The minimum absolute atomic E-state index is 0.819. The molecule has 0 saturated carbocycles. The van der Waals surface area contributed by atoms with E-state index < -0.39 is 0 Å². The third-order valence-corrected chi connectivity index (χ3v) is 3.24. The van der Waals surface area contributed by atoms with Crippen LogP contribution in [0.25, 0.3) is 5.65 Å². The van der Waals surface area contributed by atoms with Gasteiger partial charge < -0.3 is 0 Å². The number of aromatic nitrogens is 3. The third kappa shape index (κ3) is 1.08. The number of rotatable bonds is 0. The normalized spacial score (nSPS) is 10.7. The summed E-state index contributed by atoms with van der Waals surface area (Å²) in [7, 11) is 0. The van der Waals surface area contributed by atoms with Gasteiger partial charge >= 0.3 is 0 Å². The predicted octanol–water partition coefficient (Wildman–Crippen LogP) is 2.25. The molecule has 56 valence electrons. The quantitative estimate of drug-likeness (QED) is 0.739. The van der Waals surface area contributed by atoms with Crippen LogP contribution in [0.3, 0.4) is 0 Å². The van der Waals surface area contributed by atoms with Crippen LogP contribution in [0.5, 0.6) is 0 Å². The molecule has 0 radical (unpaired) electrons. The van der Waals surface area contributed by atoms with Crippen molar-refractivity contribution in [3.63, 3.8) is 0 Å². The van der Waals surface area contributed by atoms with E-state index in [4.69, 9.17) is 0 Å². The van der Waals surface area contributed by atoms with E-state index in [0.29, 0.717) is 0 Å². The van der Waals surface area contributed by atoms with Crippen molar-refractivity contribution in [3.05, 3.63) is 27.5 Å². The molecule has 0 bridgehead atoms. The zero-order valence-electron chi connectivity index (χ0n) is 5.33. The molecular weight excluding hydrogens is 274 g/mol. The summed E-state index contributed by atoms with van der Waals surface area (Å²) in [6.07, 6.45) is 5.23. The average Bonchev–Trinajstić information content (AvgIpc) is 2.45. The monoisotopic (exact) mass is 275 g/mol. The highest BCUT2D eigenvalue weighted by Gasteiger charge is 2.03. The van der Waals surface area contributed by atoms with Gasteiger partial charge in [0.25, 0.3) is 0 Å². The van der Waals surface area contributed by atoms with Crippen molar-refractivity contribution in [1.82, 2.24) is 14.6 Å². The van der Waals surface area contributed by atoms with E-state index in [1.807, 2.05) is 0 Å². The Morgan fingerprint density at radius 1 is 1.36 bits per heavy atom. The fourth-order valence-corrected chi connectivity index (χ4v) is 1.48. The summed E-state index contributed by atoms with van der Waals surface area (Å²) in [4.78, 5) is 4.10. The molecule has 5 heteroatoms. The smallest absolute Gasteiger partial charge is 0.168 e. The van der Waals surface area contributed by atoms with Gasteiger partial charge in [-0.15, -0.1) is 0 Å². The molecule has 3 nitrogen and oxygen atoms in total. The minimum Gasteiger partial charge on any atom is -0.234 e. The van der Waals surface area contributed by atoms with Gasteiger partial charge in [0.15, 0.2) is 5.65 Å². The van der Waals surface area contributed by atoms with Crippen LogP contribution in [-0.2, 0) is 0 Å². The lowest BCUT2D eigenvalue weighted by molar-refractivity contribution is 0.926. The van der Waals surface area contributed by atoms with Crippen molar-refractivity contribution < 1.29 is 0 Å². The van der Waals surface area contributed by atoms with Crippen LogP contribution in [0, 0.1) is 0 Å². The molecule has 0 N–H and O–H groups in total. The number of halogens is 2. The highest BCUT2D eigenvalue weighted by molar-refractivity contribution is 9.13. The third-order valence-electron chi connectivity index (χ3n) is 1.32. The van der Waals surface area contributed by atoms with E-state index >= 15 is 0 Å². The molecule has 0 saturated heterocycles. The highest BCUT2D eigenvalue weighted by atomic mass is 79.9. The van der Waals surface area contributed by atoms with E-state index in [9.17, 15) is 0 Å². The van der Waals surface area contributed by atoms with Crippen molar-refractivity contribution in [2.24, 2.45) is 0 Å². The zero-order chi connectivity index (χ0) is 7.84. The molecule has 2 aromatic rings. The topological polar surface area (TPSA) is 30.2 Å². The first-order chi connectivity index (χ1) is 5.29. The SMILES string of the molecule is Brc1cnn2ccnc2c1Br. The second-order valence-corrected chi connectivity index (χ2v) is 3.65. The Hall–Kier alpha value is -0.420. The lowest BCUT2D eigenvalue weighted by Gasteiger charge is -1.96. The van der Waals surface area contributed by atoms with Crippen LogP contribution in [-0.4, -0.2) is 14.6 Å². The van der Waals surface area contributed by atoms with Crippen molar-refractivity contribution in [2.75, 3.05) is 0 Å². The van der Waals surface area contributed by atoms with Crippen LogP contribution in [0.2, 0.25) is 0 Å². The van der Waals surface area contributed by atoms with Gasteiger partial charge in [0.2, 0.25) is 0 Å². The maximum Gasteiger partial charge on any atom is 0.168 e. The molecule has 2 heterocycles. The first-order valence-electron chi connectivity index (χ1n) is 2.92. The molecule has 0 aliphatic rings. The molecule has 0 atom stereocenters. The van der Waals surface area contributed by atoms with Gasteiger partial charge in [-0.2, -0.15) is 5.10 Å². The predicted molar refractivity (Wildman–Crippen MR) is 48.4 cm³/mol. The largest absolute Gasteiger partial charge is 0.234 e. The molecular formula is C6H3Br2N3. The summed E-state index contributed by atoms with van der Waals surface area (Å²) in [5.41, 5.74) is 0.819. The first-order valence-corrected chi connectivity index (χ1v) is 4.51. The molecule has 0 aromatic carbocycles. The van der Waals surface area contributed by atoms with Crippen molar-refractivity contribution >= 4 is 37.5 Å². The number of hydrogen-bond acceptors (Lipinski definition) is 2. The Kier molecular flexibility index (Phi) is 1.69. The number of hydrogen-bond donors (Lipinski definition) is 0. The van der Waals surface area contributed by atoms with Crippen LogP contribution in [0.1, 0.15) is 0 Å². The maximum atomic E-state index is 4.10. The van der Waals surface area contributed by atoms with Crippen LogP contribution in [0.15, 0.2) is 27.5 Å². The second kappa shape index (κ2) is 2.57. The minimum atomic E-state index is 0.819. The molecule has 0 unspecified atom stereocenters. The van der Waals surface area contributed by atoms with Crippen molar-refractivity contribution in [3.8, 4) is 0 Å². The lowest BCUT2D eigenvalue weighted by atomic mass is 10.6. The molecule has 0 aliphatic heterocycles. The van der Waals surface area contributed by atoms with E-state index in [2.05, 4.69) is 41.9 Å². The maximum absolute atomic E-state index is 4.10. The number of imidazole rings is 1. The second-order valence-electron chi connectivity index (χ2n) is 2.00. The summed E-state index contributed by atoms with van der Waals surface area (Å²) in [6.45, 7) is 0. The van der Waals surface area contributed by atoms with Gasteiger partial charge in [-0.3, -0.25) is 0 Å². The van der Waals surface area contributed by atoms with Gasteiger partial charge in [0, 0.05) is 12.4 Å². The van der Waals surface area contributed by atoms with E-state index in [0.717, 1.165) is 14.6 Å². The Morgan fingerprint density at radius 3 is 3.00 bits per heavy atom. The van der Waals surface area contributed by atoms with Gasteiger partial charge in [0.05, 0.1) is 15.1 Å². The standard InChI is InChI=1S/C6H3Br2N3/c7-4-3-10-11-2-1-9-6(11)5(4)8/h1-3H. The Morgan fingerprint density at radius 2 is 2.18 bits per heavy atom. The average molecular weight is 277 g/mol. The van der Waals surface area contributed by atoms with Gasteiger partial charge in [0.1, 0.15) is 0 Å². The molecule has 2 rings (SSSR count). The molecule has 0 aliphatic carbocycles. The van der Waals surface area contributed by atoms with E-state index in [-0.39, 0.29) is 0 Å². The van der Waals surface area contributed by atoms with Crippen LogP contribution < -0.4 is 0 Å². The van der Waals surface area contributed by atoms with Crippen LogP contribution >= 0.6 is 31.9 Å². The van der Waals surface area contributed by atoms with E-state index in [1.54, 1.807) is 23.1 Å². The number of nitrogens with zero attached hydrogens (tertiary/aromatic N) is 3. The summed E-state index contributed by atoms with van der Waals surface area (Å²) >= 11 is 6.73. The zero-order valence-corrected chi connectivity index (χ0v) is 8.50. The van der Waals surface area contributed by atoms with Gasteiger partial charge in [-0.05, 0) is 31.9 Å². The summed E-state index contributed by atoms with van der Waals surface area (Å²) < 4.78 is 3.54. The Bertz CT molecular complexity index is 396. The van der Waals surface area contributed by atoms with E-state index in [1.165, 1.54) is 0 Å². The van der Waals surface area contributed by atoms with Crippen LogP contribution in [0.4, 0.5) is 0 Å². The van der Waals surface area contributed by atoms with Gasteiger partial charge in [-0.25, -0.2) is 9.50 Å². The molecule has 2 aromatic heterocycles. The first kappa shape index (κ1) is 7.24. The Labute approximate surface area is 79.7 Å². The van der Waals surface area contributed by atoms with Crippen molar-refractivity contribution in [1.29, 1.82) is 0 Å². The molecule has 0 fully saturated rings. The summed E-state index contributed by atoms with van der Waals surface area (Å²) in [5.74, 6) is 0. The molecule has 0 amide bonds. The summed E-state index contributed by atoms with van der Waals surface area (Å²) in [5, 5.41) is 4.08. The van der Waals surface area contributed by atoms with Crippen molar-refractivity contribution in [2.45, 2.75) is 0 Å². The Balaban J connectivity index is 2.93. The molecule has 0 spiro atoms. The highest BCUT2D eigenvalue weighted by Crippen LogP contribution is 2.24. The van der Waals surface area contributed by atoms with Gasteiger partial charge in [-0.1, -0.05) is 0 Å². The lowest BCUT2D eigenvalue weighted by Crippen LogP contribution is -1.90.